The third-order valence-electron chi connectivity index (χ3n) is 2.63. The Morgan fingerprint density at radius 3 is 3.07 bits per heavy atom. The zero-order chi connectivity index (χ0) is 10.8. The Kier molecular flexibility index (Phi) is 2.86. The molecule has 1 N–H and O–H groups in total. The second-order valence-electron chi connectivity index (χ2n) is 3.64. The minimum absolute atomic E-state index is 0.0994. The van der Waals surface area contributed by atoms with Crippen molar-refractivity contribution in [1.82, 2.24) is 0 Å². The van der Waals surface area contributed by atoms with Gasteiger partial charge in [-0.05, 0) is 12.1 Å². The summed E-state index contributed by atoms with van der Waals surface area (Å²) in [6.45, 7) is 0. The number of carboxylic acid groups (broad SMARTS) is 1. The van der Waals surface area contributed by atoms with Crippen LogP contribution in [-0.4, -0.2) is 29.9 Å². The normalized spacial score (nSPS) is 19.8. The smallest absolute Gasteiger partial charge is 0.305 e. The first-order chi connectivity index (χ1) is 7.18. The fourth-order valence-electron chi connectivity index (χ4n) is 1.76. The van der Waals surface area contributed by atoms with Gasteiger partial charge in [-0.1, -0.05) is 12.1 Å². The Morgan fingerprint density at radius 1 is 1.60 bits per heavy atom. The number of carbonyl (C=O) groups is 1. The molecule has 0 radical (unpaired) electrons. The molecule has 4 heteroatoms. The molecule has 1 aromatic rings. The summed E-state index contributed by atoms with van der Waals surface area (Å²) in [4.78, 5) is 14.0. The van der Waals surface area contributed by atoms with Gasteiger partial charge in [-0.25, -0.2) is 0 Å². The average molecular weight is 223 g/mol. The van der Waals surface area contributed by atoms with E-state index in [0.717, 1.165) is 11.4 Å². The van der Waals surface area contributed by atoms with Crippen molar-refractivity contribution >= 4 is 23.4 Å². The van der Waals surface area contributed by atoms with Gasteiger partial charge in [0.25, 0.3) is 0 Å². The maximum Gasteiger partial charge on any atom is 0.305 e. The van der Waals surface area contributed by atoms with E-state index in [1.165, 1.54) is 4.90 Å². The van der Waals surface area contributed by atoms with Gasteiger partial charge in [0.05, 0.1) is 12.1 Å². The highest BCUT2D eigenvalue weighted by molar-refractivity contribution is 7.99. The molecular weight excluding hydrogens is 210 g/mol. The molecule has 0 aliphatic carbocycles. The predicted octanol–water partition coefficient (Wildman–Crippen LogP) is 2.07. The number of rotatable bonds is 2. The highest BCUT2D eigenvalue weighted by Crippen LogP contribution is 2.36. The Hall–Kier alpha value is -1.16. The zero-order valence-corrected chi connectivity index (χ0v) is 9.33. The van der Waals surface area contributed by atoms with Crippen molar-refractivity contribution < 1.29 is 9.90 Å². The molecule has 0 aromatic heterocycles. The van der Waals surface area contributed by atoms with Crippen molar-refractivity contribution in [1.29, 1.82) is 0 Å². The number of para-hydroxylation sites is 1. The lowest BCUT2D eigenvalue weighted by Crippen LogP contribution is -2.38. The molecule has 0 saturated heterocycles. The van der Waals surface area contributed by atoms with Gasteiger partial charge in [0.15, 0.2) is 0 Å². The number of anilines is 1. The number of nitrogens with zero attached hydrogens (tertiary/aromatic N) is 1. The Balaban J connectivity index is 2.22. The van der Waals surface area contributed by atoms with E-state index in [2.05, 4.69) is 11.0 Å². The second kappa shape index (κ2) is 4.14. The van der Waals surface area contributed by atoms with E-state index in [1.807, 2.05) is 25.2 Å². The number of aliphatic carboxylic acids is 1. The predicted molar refractivity (Wildman–Crippen MR) is 61.6 cm³/mol. The van der Waals surface area contributed by atoms with E-state index in [0.29, 0.717) is 0 Å². The molecule has 2 rings (SSSR count). The van der Waals surface area contributed by atoms with Crippen LogP contribution in [0.25, 0.3) is 0 Å². The highest BCUT2D eigenvalue weighted by atomic mass is 32.2. The fraction of sp³-hybridized carbons (Fsp3) is 0.364. The number of benzene rings is 1. The molecule has 0 saturated carbocycles. The molecule has 0 amide bonds. The number of thioether (sulfide) groups is 1. The van der Waals surface area contributed by atoms with Crippen LogP contribution in [0, 0.1) is 0 Å². The van der Waals surface area contributed by atoms with Crippen LogP contribution in [0.15, 0.2) is 29.2 Å². The van der Waals surface area contributed by atoms with Crippen LogP contribution in [0.1, 0.15) is 6.42 Å². The lowest BCUT2D eigenvalue weighted by molar-refractivity contribution is -0.137. The molecule has 1 heterocycles. The van der Waals surface area contributed by atoms with Crippen molar-refractivity contribution in [3.63, 3.8) is 0 Å². The standard InChI is InChI=1S/C11H13NO2S/c1-12-8(6-11(13)14)7-15-10-5-3-2-4-9(10)12/h2-5,8H,6-7H2,1H3,(H,13,14). The molecule has 1 atom stereocenters. The molecule has 1 aromatic carbocycles. The molecule has 15 heavy (non-hydrogen) atoms. The Bertz CT molecular complexity index is 381. The molecule has 0 spiro atoms. The molecule has 1 unspecified atom stereocenters. The van der Waals surface area contributed by atoms with Gasteiger partial charge in [-0.15, -0.1) is 11.8 Å². The van der Waals surface area contributed by atoms with Gasteiger partial charge in [0.1, 0.15) is 0 Å². The molecule has 1 aliphatic rings. The number of fused-ring (bicyclic) bond motifs is 1. The lowest BCUT2D eigenvalue weighted by atomic mass is 10.2. The van der Waals surface area contributed by atoms with Crippen LogP contribution in [-0.2, 0) is 4.79 Å². The maximum absolute atomic E-state index is 10.7. The van der Waals surface area contributed by atoms with E-state index < -0.39 is 5.97 Å². The zero-order valence-electron chi connectivity index (χ0n) is 8.51. The van der Waals surface area contributed by atoms with Crippen molar-refractivity contribution in [3.8, 4) is 0 Å². The number of carboxylic acids is 1. The van der Waals surface area contributed by atoms with Gasteiger partial charge in [0.2, 0.25) is 0 Å². The summed E-state index contributed by atoms with van der Waals surface area (Å²) in [5.74, 6) is 0.117. The first-order valence-corrected chi connectivity index (χ1v) is 5.83. The molecule has 1 aliphatic heterocycles. The summed E-state index contributed by atoms with van der Waals surface area (Å²) in [6, 6.07) is 8.21. The Morgan fingerprint density at radius 2 is 2.33 bits per heavy atom. The van der Waals surface area contributed by atoms with E-state index >= 15 is 0 Å². The van der Waals surface area contributed by atoms with Gasteiger partial charge in [0, 0.05) is 23.7 Å². The first-order valence-electron chi connectivity index (χ1n) is 4.85. The van der Waals surface area contributed by atoms with Gasteiger partial charge < -0.3 is 10.0 Å². The van der Waals surface area contributed by atoms with Crippen LogP contribution in [0.3, 0.4) is 0 Å². The SMILES string of the molecule is CN1c2ccccc2SCC1CC(=O)O. The van der Waals surface area contributed by atoms with Crippen molar-refractivity contribution in [3.05, 3.63) is 24.3 Å². The van der Waals surface area contributed by atoms with Crippen LogP contribution >= 0.6 is 11.8 Å². The van der Waals surface area contributed by atoms with Crippen LogP contribution in [0.4, 0.5) is 5.69 Å². The number of hydrogen-bond donors (Lipinski definition) is 1. The third kappa shape index (κ3) is 2.09. The summed E-state index contributed by atoms with van der Waals surface area (Å²) in [6.07, 6.45) is 0.206. The second-order valence-corrected chi connectivity index (χ2v) is 4.70. The molecule has 80 valence electrons. The fourth-order valence-corrected chi connectivity index (χ4v) is 3.01. The first kappa shape index (κ1) is 10.4. The maximum atomic E-state index is 10.7. The van der Waals surface area contributed by atoms with E-state index in [-0.39, 0.29) is 12.5 Å². The minimum Gasteiger partial charge on any atom is -0.481 e. The molecule has 0 fully saturated rings. The summed E-state index contributed by atoms with van der Waals surface area (Å²) in [5, 5.41) is 8.80. The monoisotopic (exact) mass is 223 g/mol. The largest absolute Gasteiger partial charge is 0.481 e. The van der Waals surface area contributed by atoms with Crippen molar-refractivity contribution in [2.75, 3.05) is 17.7 Å². The van der Waals surface area contributed by atoms with Crippen LogP contribution < -0.4 is 4.90 Å². The molecule has 3 nitrogen and oxygen atoms in total. The topological polar surface area (TPSA) is 40.5 Å². The van der Waals surface area contributed by atoms with E-state index in [1.54, 1.807) is 11.8 Å². The van der Waals surface area contributed by atoms with Crippen LogP contribution in [0.2, 0.25) is 0 Å². The summed E-state index contributed by atoms with van der Waals surface area (Å²) in [5.41, 5.74) is 1.14. The lowest BCUT2D eigenvalue weighted by Gasteiger charge is -2.34. The van der Waals surface area contributed by atoms with Gasteiger partial charge in [-0.3, -0.25) is 4.79 Å². The van der Waals surface area contributed by atoms with Crippen molar-refractivity contribution in [2.24, 2.45) is 0 Å². The highest BCUT2D eigenvalue weighted by Gasteiger charge is 2.25. The minimum atomic E-state index is -0.730. The van der Waals surface area contributed by atoms with E-state index in [4.69, 9.17) is 5.11 Å². The summed E-state index contributed by atoms with van der Waals surface area (Å²) >= 11 is 1.74. The third-order valence-corrected chi connectivity index (χ3v) is 3.84. The quantitative estimate of drug-likeness (QED) is 0.833. The molecule has 0 bridgehead atoms. The number of hydrogen-bond acceptors (Lipinski definition) is 3. The summed E-state index contributed by atoms with van der Waals surface area (Å²) < 4.78 is 0. The van der Waals surface area contributed by atoms with Crippen LogP contribution in [0.5, 0.6) is 0 Å². The summed E-state index contributed by atoms with van der Waals surface area (Å²) in [7, 11) is 1.96. The van der Waals surface area contributed by atoms with Gasteiger partial charge >= 0.3 is 5.97 Å². The molecular formula is C11H13NO2S. The van der Waals surface area contributed by atoms with E-state index in [9.17, 15) is 4.79 Å². The average Bonchev–Trinajstić information content (AvgIpc) is 2.22. The Labute approximate surface area is 93.1 Å². The van der Waals surface area contributed by atoms with Gasteiger partial charge in [-0.2, -0.15) is 0 Å². The van der Waals surface area contributed by atoms with Crippen molar-refractivity contribution in [2.45, 2.75) is 17.4 Å².